The molecule has 0 amide bonds. The average molecular weight is 372 g/mol. The summed E-state index contributed by atoms with van der Waals surface area (Å²) in [6.45, 7) is -0.707. The number of aliphatic hydroxyl groups is 8. The minimum absolute atomic E-state index is 0.707. The van der Waals surface area contributed by atoms with Crippen LogP contribution in [-0.4, -0.2) is 114 Å². The largest absolute Gasteiger partial charge is 0.500 e. The fourth-order valence-corrected chi connectivity index (χ4v) is 2.75. The van der Waals surface area contributed by atoms with Gasteiger partial charge < -0.3 is 55.1 Å². The maximum atomic E-state index is 9.97. The Bertz CT molecular complexity index is 449. The fourth-order valence-electron chi connectivity index (χ4n) is 2.55. The molecule has 0 unspecified atom stereocenters. The highest BCUT2D eigenvalue weighted by molar-refractivity contribution is 7.80. The summed E-state index contributed by atoms with van der Waals surface area (Å²) in [7, 11) is 0. The van der Waals surface area contributed by atoms with Gasteiger partial charge in [0, 0.05) is 0 Å². The standard InChI is InChI=1S/C12H20O11S/c13-1-2-8(5(16)6(17)10(19)21-2)22-12-7(18)3(14)4(15)9(23-12)11(20)24/h2-10,12-19H,1H2,(H,20,24)/t2-,3+,4-,5-,6-,7-,8-,9+,10+,12-/m1/s1. The second-order valence-corrected chi connectivity index (χ2v) is 5.98. The first-order valence-electron chi connectivity index (χ1n) is 7.07. The summed E-state index contributed by atoms with van der Waals surface area (Å²) in [6, 6.07) is 0. The number of hydrogen-bond acceptors (Lipinski definition) is 11. The molecule has 0 aromatic rings. The Hall–Kier alpha value is -0.510. The molecule has 0 aliphatic carbocycles. The van der Waals surface area contributed by atoms with Gasteiger partial charge >= 0.3 is 0 Å². The van der Waals surface area contributed by atoms with Gasteiger partial charge in [0.1, 0.15) is 42.7 Å². The summed E-state index contributed by atoms with van der Waals surface area (Å²) < 4.78 is 15.2. The summed E-state index contributed by atoms with van der Waals surface area (Å²) >= 11 is 4.48. The van der Waals surface area contributed by atoms with E-state index in [4.69, 9.17) is 14.2 Å². The Balaban J connectivity index is 2.16. The van der Waals surface area contributed by atoms with E-state index in [1.165, 1.54) is 0 Å². The Kier molecular flexibility index (Phi) is 6.44. The van der Waals surface area contributed by atoms with Gasteiger partial charge in [-0.2, -0.15) is 0 Å². The molecule has 24 heavy (non-hydrogen) atoms. The molecular weight excluding hydrogens is 352 g/mol. The van der Waals surface area contributed by atoms with E-state index in [-0.39, 0.29) is 0 Å². The lowest BCUT2D eigenvalue weighted by Gasteiger charge is -2.45. The van der Waals surface area contributed by atoms with E-state index in [9.17, 15) is 40.9 Å². The first kappa shape index (κ1) is 19.8. The predicted octanol–water partition coefficient (Wildman–Crippen LogP) is -4.50. The van der Waals surface area contributed by atoms with Gasteiger partial charge in [-0.1, -0.05) is 0 Å². The second kappa shape index (κ2) is 7.80. The average Bonchev–Trinajstić information content (AvgIpc) is 2.54. The highest BCUT2D eigenvalue weighted by atomic mass is 32.1. The zero-order valence-electron chi connectivity index (χ0n) is 12.2. The number of aliphatic hydroxyl groups excluding tert-OH is 8. The first-order valence-corrected chi connectivity index (χ1v) is 7.48. The number of thiocarbonyl (C=S) groups is 1. The van der Waals surface area contributed by atoms with Crippen molar-refractivity contribution in [1.29, 1.82) is 0 Å². The van der Waals surface area contributed by atoms with Crippen LogP contribution in [0.2, 0.25) is 0 Å². The molecule has 0 aromatic carbocycles. The molecule has 2 fully saturated rings. The topological polar surface area (TPSA) is 190 Å². The molecule has 2 saturated heterocycles. The Morgan fingerprint density at radius 1 is 0.875 bits per heavy atom. The van der Waals surface area contributed by atoms with Crippen LogP contribution in [0.5, 0.6) is 0 Å². The van der Waals surface area contributed by atoms with Crippen molar-refractivity contribution in [3.05, 3.63) is 0 Å². The summed E-state index contributed by atoms with van der Waals surface area (Å²) in [5, 5.41) is 76.2. The van der Waals surface area contributed by atoms with Crippen LogP contribution in [0.3, 0.4) is 0 Å². The van der Waals surface area contributed by atoms with Crippen molar-refractivity contribution in [1.82, 2.24) is 0 Å². The van der Waals surface area contributed by atoms with Crippen LogP contribution in [0.25, 0.3) is 0 Å². The molecule has 0 radical (unpaired) electrons. The van der Waals surface area contributed by atoms with Crippen LogP contribution in [-0.2, 0) is 14.2 Å². The predicted molar refractivity (Wildman–Crippen MR) is 76.8 cm³/mol. The van der Waals surface area contributed by atoms with Crippen LogP contribution < -0.4 is 0 Å². The maximum absolute atomic E-state index is 9.97. The van der Waals surface area contributed by atoms with Crippen LogP contribution in [0.15, 0.2) is 0 Å². The third-order valence-corrected chi connectivity index (χ3v) is 4.18. The van der Waals surface area contributed by atoms with Gasteiger partial charge in [0.05, 0.1) is 6.61 Å². The van der Waals surface area contributed by atoms with E-state index in [1.807, 2.05) is 0 Å². The Morgan fingerprint density at radius 2 is 1.50 bits per heavy atom. The van der Waals surface area contributed by atoms with Crippen molar-refractivity contribution in [3.8, 4) is 0 Å². The van der Waals surface area contributed by atoms with E-state index in [0.29, 0.717) is 0 Å². The lowest BCUT2D eigenvalue weighted by molar-refractivity contribution is -0.348. The van der Waals surface area contributed by atoms with E-state index in [1.54, 1.807) is 0 Å². The highest BCUT2D eigenvalue weighted by Crippen LogP contribution is 2.28. The maximum Gasteiger partial charge on any atom is 0.189 e. The van der Waals surface area contributed by atoms with Gasteiger partial charge in [-0.25, -0.2) is 0 Å². The summed E-state index contributed by atoms with van der Waals surface area (Å²) in [5.41, 5.74) is 0. The fraction of sp³-hybridized carbons (Fsp3) is 0.917. The van der Waals surface area contributed by atoms with E-state index < -0.39 is 73.1 Å². The first-order chi connectivity index (χ1) is 11.2. The second-order valence-electron chi connectivity index (χ2n) is 5.56. The smallest absolute Gasteiger partial charge is 0.189 e. The number of hydrogen-bond donors (Lipinski definition) is 8. The quantitative estimate of drug-likeness (QED) is 0.221. The summed E-state index contributed by atoms with van der Waals surface area (Å²) in [6.07, 6.45) is -16.5. The molecule has 0 saturated carbocycles. The monoisotopic (exact) mass is 372 g/mol. The Morgan fingerprint density at radius 3 is 2.04 bits per heavy atom. The molecular formula is C12H20O11S. The van der Waals surface area contributed by atoms with Crippen LogP contribution in [0, 0.1) is 0 Å². The normalized spacial score (nSPS) is 49.8. The van der Waals surface area contributed by atoms with Gasteiger partial charge in [-0.15, -0.1) is 0 Å². The van der Waals surface area contributed by atoms with Crippen molar-refractivity contribution >= 4 is 17.3 Å². The molecule has 2 heterocycles. The SMILES string of the molecule is OC[C@H]1O[C@H](O)[C@H](O)[C@@H](O)[C@@H]1O[C@@H]1O[C@H](C(O)=S)[C@H](O)[C@H](O)[C@H]1O. The molecule has 2 aliphatic rings. The van der Waals surface area contributed by atoms with Gasteiger partial charge in [0.25, 0.3) is 0 Å². The molecule has 140 valence electrons. The molecule has 12 heteroatoms. The minimum atomic E-state index is -1.79. The summed E-state index contributed by atoms with van der Waals surface area (Å²) in [4.78, 5) is 0. The van der Waals surface area contributed by atoms with Crippen molar-refractivity contribution in [2.75, 3.05) is 6.61 Å². The zero-order chi connectivity index (χ0) is 18.2. The minimum Gasteiger partial charge on any atom is -0.500 e. The molecule has 8 N–H and O–H groups in total. The van der Waals surface area contributed by atoms with E-state index in [2.05, 4.69) is 12.2 Å². The van der Waals surface area contributed by atoms with Gasteiger partial charge in [0.2, 0.25) is 0 Å². The van der Waals surface area contributed by atoms with Crippen molar-refractivity contribution in [3.63, 3.8) is 0 Å². The van der Waals surface area contributed by atoms with Gasteiger partial charge in [-0.05, 0) is 12.2 Å². The molecule has 2 aliphatic heterocycles. The molecule has 0 spiro atoms. The Labute approximate surface area is 141 Å². The van der Waals surface area contributed by atoms with E-state index in [0.717, 1.165) is 0 Å². The van der Waals surface area contributed by atoms with Crippen LogP contribution in [0.1, 0.15) is 0 Å². The van der Waals surface area contributed by atoms with Gasteiger partial charge in [-0.3, -0.25) is 0 Å². The lowest BCUT2D eigenvalue weighted by Crippen LogP contribution is -2.64. The zero-order valence-corrected chi connectivity index (χ0v) is 13.0. The van der Waals surface area contributed by atoms with Gasteiger partial charge in [0.15, 0.2) is 23.7 Å². The third kappa shape index (κ3) is 3.68. The van der Waals surface area contributed by atoms with Crippen LogP contribution in [0.4, 0.5) is 0 Å². The number of ether oxygens (including phenoxy) is 3. The molecule has 11 nitrogen and oxygen atoms in total. The van der Waals surface area contributed by atoms with E-state index >= 15 is 0 Å². The number of rotatable bonds is 4. The molecule has 0 bridgehead atoms. The van der Waals surface area contributed by atoms with Crippen molar-refractivity contribution in [2.24, 2.45) is 0 Å². The highest BCUT2D eigenvalue weighted by Gasteiger charge is 2.51. The molecule has 2 rings (SSSR count). The van der Waals surface area contributed by atoms with Crippen LogP contribution >= 0.6 is 12.2 Å². The lowest BCUT2D eigenvalue weighted by atomic mass is 9.97. The molecule has 10 atom stereocenters. The van der Waals surface area contributed by atoms with Crippen molar-refractivity contribution in [2.45, 2.75) is 61.4 Å². The molecule has 0 aromatic heterocycles. The third-order valence-electron chi connectivity index (χ3n) is 3.94. The van der Waals surface area contributed by atoms with Crippen molar-refractivity contribution < 1.29 is 55.1 Å². The summed E-state index contributed by atoms with van der Waals surface area (Å²) in [5.74, 6) is 0.